The summed E-state index contributed by atoms with van der Waals surface area (Å²) in [6, 6.07) is 9.45. The summed E-state index contributed by atoms with van der Waals surface area (Å²) in [7, 11) is 0. The first kappa shape index (κ1) is 15.8. The molecule has 0 bridgehead atoms. The number of carbonyl (C=O) groups is 1. The number of likely N-dealkylation sites (tertiary alicyclic amines) is 2. The van der Waals surface area contributed by atoms with Crippen molar-refractivity contribution in [3.05, 3.63) is 29.8 Å². The van der Waals surface area contributed by atoms with E-state index in [1.54, 1.807) is 18.2 Å². The first-order valence-electron chi connectivity index (χ1n) is 8.56. The summed E-state index contributed by atoms with van der Waals surface area (Å²) in [6.45, 7) is 4.14. The van der Waals surface area contributed by atoms with Gasteiger partial charge in [-0.25, -0.2) is 4.79 Å². The van der Waals surface area contributed by atoms with Gasteiger partial charge in [0.05, 0.1) is 11.6 Å². The molecule has 2 saturated heterocycles. The van der Waals surface area contributed by atoms with Crippen LogP contribution in [0.4, 0.5) is 10.5 Å². The average molecular weight is 312 g/mol. The van der Waals surface area contributed by atoms with Crippen molar-refractivity contribution in [2.45, 2.75) is 38.1 Å². The number of nitrogens with zero attached hydrogens (tertiary/aromatic N) is 3. The number of anilines is 1. The second-order valence-electron chi connectivity index (χ2n) is 6.47. The molecule has 0 saturated carbocycles. The Morgan fingerprint density at radius 1 is 1.22 bits per heavy atom. The van der Waals surface area contributed by atoms with Gasteiger partial charge in [-0.2, -0.15) is 5.26 Å². The maximum Gasteiger partial charge on any atom is 0.322 e. The monoisotopic (exact) mass is 312 g/mol. The van der Waals surface area contributed by atoms with Crippen LogP contribution in [-0.4, -0.2) is 48.1 Å². The molecule has 2 aliphatic heterocycles. The molecule has 23 heavy (non-hydrogen) atoms. The van der Waals surface area contributed by atoms with Crippen LogP contribution >= 0.6 is 0 Å². The van der Waals surface area contributed by atoms with Crippen LogP contribution in [0.5, 0.6) is 0 Å². The number of nitrogens with one attached hydrogen (secondary N) is 1. The van der Waals surface area contributed by atoms with Gasteiger partial charge in [-0.3, -0.25) is 0 Å². The summed E-state index contributed by atoms with van der Waals surface area (Å²) < 4.78 is 0. The van der Waals surface area contributed by atoms with Gasteiger partial charge in [0.2, 0.25) is 0 Å². The molecule has 1 aromatic rings. The normalized spacial score (nSPS) is 21.9. The summed E-state index contributed by atoms with van der Waals surface area (Å²) >= 11 is 0. The van der Waals surface area contributed by atoms with Gasteiger partial charge in [-0.15, -0.1) is 0 Å². The van der Waals surface area contributed by atoms with Crippen molar-refractivity contribution in [2.75, 3.05) is 31.5 Å². The Balaban J connectivity index is 1.60. The van der Waals surface area contributed by atoms with E-state index in [9.17, 15) is 4.79 Å². The second-order valence-corrected chi connectivity index (χ2v) is 6.47. The Kier molecular flexibility index (Phi) is 5.14. The van der Waals surface area contributed by atoms with E-state index in [-0.39, 0.29) is 6.03 Å². The van der Waals surface area contributed by atoms with Gasteiger partial charge in [0.25, 0.3) is 0 Å². The van der Waals surface area contributed by atoms with E-state index >= 15 is 0 Å². The first-order chi connectivity index (χ1) is 11.3. The molecule has 2 fully saturated rings. The highest BCUT2D eigenvalue weighted by Gasteiger charge is 2.30. The van der Waals surface area contributed by atoms with Crippen molar-refractivity contribution in [3.63, 3.8) is 0 Å². The summed E-state index contributed by atoms with van der Waals surface area (Å²) in [5.41, 5.74) is 1.26. The molecular weight excluding hydrogens is 288 g/mol. The molecule has 5 nitrogen and oxygen atoms in total. The zero-order chi connectivity index (χ0) is 16.1. The number of nitriles is 1. The Bertz CT molecular complexity index is 589. The highest BCUT2D eigenvalue weighted by Crippen LogP contribution is 2.21. The first-order valence-corrected chi connectivity index (χ1v) is 8.56. The summed E-state index contributed by atoms with van der Waals surface area (Å²) in [6.07, 6.45) is 6.05. The van der Waals surface area contributed by atoms with Crippen molar-refractivity contribution in [2.24, 2.45) is 0 Å². The molecule has 1 atom stereocenters. The number of hydrogen-bond acceptors (Lipinski definition) is 3. The van der Waals surface area contributed by atoms with E-state index in [4.69, 9.17) is 5.26 Å². The third kappa shape index (κ3) is 4.02. The van der Waals surface area contributed by atoms with Crippen LogP contribution in [0.15, 0.2) is 24.3 Å². The molecule has 2 amide bonds. The summed E-state index contributed by atoms with van der Waals surface area (Å²) in [5, 5.41) is 11.9. The number of hydrogen-bond donors (Lipinski definition) is 1. The topological polar surface area (TPSA) is 59.4 Å². The fourth-order valence-corrected chi connectivity index (χ4v) is 3.59. The maximum absolute atomic E-state index is 12.6. The minimum absolute atomic E-state index is 0.0420. The van der Waals surface area contributed by atoms with E-state index in [1.165, 1.54) is 19.3 Å². The number of urea groups is 1. The van der Waals surface area contributed by atoms with Crippen LogP contribution in [-0.2, 0) is 0 Å². The van der Waals surface area contributed by atoms with E-state index in [0.717, 1.165) is 39.0 Å². The maximum atomic E-state index is 12.6. The number of rotatable bonds is 3. The van der Waals surface area contributed by atoms with Crippen LogP contribution in [0.1, 0.15) is 37.7 Å². The number of carbonyl (C=O) groups excluding carboxylic acids is 1. The molecule has 0 aliphatic carbocycles. The molecule has 2 aliphatic rings. The second kappa shape index (κ2) is 7.47. The third-order valence-corrected chi connectivity index (χ3v) is 4.80. The average Bonchev–Trinajstić information content (AvgIpc) is 3.04. The predicted molar refractivity (Wildman–Crippen MR) is 90.2 cm³/mol. The minimum atomic E-state index is -0.0420. The van der Waals surface area contributed by atoms with Crippen molar-refractivity contribution in [1.29, 1.82) is 5.26 Å². The zero-order valence-electron chi connectivity index (χ0n) is 13.5. The van der Waals surface area contributed by atoms with Gasteiger partial charge in [0.15, 0.2) is 0 Å². The molecule has 3 rings (SSSR count). The number of amides is 2. The lowest BCUT2D eigenvalue weighted by atomic mass is 10.1. The molecule has 0 aromatic heterocycles. The van der Waals surface area contributed by atoms with Crippen LogP contribution in [0, 0.1) is 11.3 Å². The quantitative estimate of drug-likeness (QED) is 0.933. The van der Waals surface area contributed by atoms with Gasteiger partial charge in [-0.1, -0.05) is 12.5 Å². The molecule has 122 valence electrons. The molecule has 0 radical (unpaired) electrons. The lowest BCUT2D eigenvalue weighted by Crippen LogP contribution is -2.46. The molecular formula is C18H24N4O. The Labute approximate surface area is 137 Å². The molecule has 5 heteroatoms. The predicted octanol–water partition coefficient (Wildman–Crippen LogP) is 3.04. The van der Waals surface area contributed by atoms with Gasteiger partial charge >= 0.3 is 6.03 Å². The minimum Gasteiger partial charge on any atom is -0.320 e. The number of piperidine rings is 1. The van der Waals surface area contributed by atoms with Crippen molar-refractivity contribution in [1.82, 2.24) is 9.80 Å². The van der Waals surface area contributed by atoms with Gasteiger partial charge in [0.1, 0.15) is 0 Å². The van der Waals surface area contributed by atoms with Crippen LogP contribution in [0.3, 0.4) is 0 Å². The van der Waals surface area contributed by atoms with E-state index in [2.05, 4.69) is 16.3 Å². The summed E-state index contributed by atoms with van der Waals surface area (Å²) in [4.78, 5) is 17.0. The highest BCUT2D eigenvalue weighted by atomic mass is 16.2. The van der Waals surface area contributed by atoms with Gasteiger partial charge < -0.3 is 15.1 Å². The Morgan fingerprint density at radius 2 is 2.04 bits per heavy atom. The lowest BCUT2D eigenvalue weighted by molar-refractivity contribution is 0.161. The van der Waals surface area contributed by atoms with Crippen molar-refractivity contribution < 1.29 is 4.79 Å². The Hall–Kier alpha value is -2.06. The van der Waals surface area contributed by atoms with Crippen molar-refractivity contribution >= 4 is 11.7 Å². The van der Waals surface area contributed by atoms with Crippen LogP contribution < -0.4 is 5.32 Å². The van der Waals surface area contributed by atoms with E-state index in [1.807, 2.05) is 11.0 Å². The van der Waals surface area contributed by atoms with Crippen LogP contribution in [0.2, 0.25) is 0 Å². The van der Waals surface area contributed by atoms with E-state index < -0.39 is 0 Å². The molecule has 1 aromatic carbocycles. The highest BCUT2D eigenvalue weighted by molar-refractivity contribution is 5.89. The lowest BCUT2D eigenvalue weighted by Gasteiger charge is -2.33. The standard InChI is InChI=1S/C18H24N4O/c19-13-15-6-4-7-16(12-15)20-18(23)22-11-5-8-17(22)14-21-9-2-1-3-10-21/h4,6-7,12,17H,1-3,5,8-11,14H2,(H,20,23)/t17-/m1/s1. The number of benzene rings is 1. The molecule has 1 N–H and O–H groups in total. The smallest absolute Gasteiger partial charge is 0.320 e. The van der Waals surface area contributed by atoms with Crippen LogP contribution in [0.25, 0.3) is 0 Å². The largest absolute Gasteiger partial charge is 0.322 e. The summed E-state index contributed by atoms with van der Waals surface area (Å²) in [5.74, 6) is 0. The molecule has 0 unspecified atom stereocenters. The Morgan fingerprint density at radius 3 is 2.83 bits per heavy atom. The zero-order valence-corrected chi connectivity index (χ0v) is 13.5. The molecule has 2 heterocycles. The fourth-order valence-electron chi connectivity index (χ4n) is 3.59. The van der Waals surface area contributed by atoms with E-state index in [0.29, 0.717) is 17.3 Å². The van der Waals surface area contributed by atoms with Gasteiger partial charge in [0, 0.05) is 24.8 Å². The fraction of sp³-hybridized carbons (Fsp3) is 0.556. The van der Waals surface area contributed by atoms with Gasteiger partial charge in [-0.05, 0) is 57.0 Å². The van der Waals surface area contributed by atoms with Crippen molar-refractivity contribution in [3.8, 4) is 6.07 Å². The molecule has 0 spiro atoms. The third-order valence-electron chi connectivity index (χ3n) is 4.80. The SMILES string of the molecule is N#Cc1cccc(NC(=O)N2CCC[C@@H]2CN2CCCCC2)c1.